The summed E-state index contributed by atoms with van der Waals surface area (Å²) in [5, 5.41) is 4.26. The second-order valence-corrected chi connectivity index (χ2v) is 4.95. The summed E-state index contributed by atoms with van der Waals surface area (Å²) in [6.45, 7) is 8.63. The monoisotopic (exact) mass is 239 g/mol. The molecule has 2 rings (SSSR count). The third-order valence-electron chi connectivity index (χ3n) is 3.65. The van der Waals surface area contributed by atoms with Gasteiger partial charge in [-0.05, 0) is 7.05 Å². The first-order valence-electron chi connectivity index (χ1n) is 6.57. The number of nitrogens with zero attached hydrogens (tertiary/aromatic N) is 4. The summed E-state index contributed by atoms with van der Waals surface area (Å²) < 4.78 is 0. The van der Waals surface area contributed by atoms with Gasteiger partial charge in [0.25, 0.3) is 0 Å². The van der Waals surface area contributed by atoms with Crippen molar-refractivity contribution in [2.45, 2.75) is 6.42 Å². The quantitative estimate of drug-likeness (QED) is 0.639. The predicted molar refractivity (Wildman–Crippen MR) is 67.0 cm³/mol. The van der Waals surface area contributed by atoms with Gasteiger partial charge in [-0.25, -0.2) is 5.32 Å². The summed E-state index contributed by atoms with van der Waals surface area (Å²) in [5.74, 6) is 0.304. The Bertz CT molecular complexity index is 245. The zero-order valence-electron chi connectivity index (χ0n) is 10.8. The van der Waals surface area contributed by atoms with E-state index in [4.69, 9.17) is 0 Å². The number of rotatable bonds is 3. The molecule has 0 aromatic heterocycles. The molecular formula is C12H23N4O. The third-order valence-corrected chi connectivity index (χ3v) is 3.65. The van der Waals surface area contributed by atoms with E-state index in [1.807, 2.05) is 4.90 Å². The van der Waals surface area contributed by atoms with Crippen molar-refractivity contribution in [1.29, 1.82) is 0 Å². The van der Waals surface area contributed by atoms with Crippen LogP contribution in [0.3, 0.4) is 0 Å². The second-order valence-electron chi connectivity index (χ2n) is 4.95. The first kappa shape index (κ1) is 12.8. The average molecular weight is 239 g/mol. The molecule has 0 saturated carbocycles. The van der Waals surface area contributed by atoms with Crippen LogP contribution in [0.15, 0.2) is 0 Å². The molecule has 2 aliphatic rings. The molecule has 5 heteroatoms. The van der Waals surface area contributed by atoms with Gasteiger partial charge in [-0.3, -0.25) is 4.79 Å². The number of likely N-dealkylation sites (N-methyl/N-ethyl adjacent to an activating group) is 1. The van der Waals surface area contributed by atoms with Crippen molar-refractivity contribution in [2.75, 3.05) is 66.0 Å². The Morgan fingerprint density at radius 3 is 2.35 bits per heavy atom. The highest BCUT2D eigenvalue weighted by Crippen LogP contribution is 2.03. The van der Waals surface area contributed by atoms with Crippen LogP contribution in [0, 0.1) is 0 Å². The molecule has 2 saturated heterocycles. The fourth-order valence-electron chi connectivity index (χ4n) is 2.34. The standard InChI is InChI=1S/C12H23N4O/c1-14-8-10-15(11-9-14)5-2-12(17)16-6-3-13-4-7-16/h2-11H2,1H3. The number of piperazine rings is 2. The minimum atomic E-state index is 0.304. The SMILES string of the molecule is CN1CCN(CCC(=O)N2CC[N]CC2)CC1. The molecule has 5 nitrogen and oxygen atoms in total. The summed E-state index contributed by atoms with van der Waals surface area (Å²) in [5.41, 5.74) is 0. The van der Waals surface area contributed by atoms with Crippen LogP contribution in [0.5, 0.6) is 0 Å². The highest BCUT2D eigenvalue weighted by molar-refractivity contribution is 5.76. The van der Waals surface area contributed by atoms with Crippen LogP contribution in [0.25, 0.3) is 0 Å². The Hall–Kier alpha value is -0.650. The normalized spacial score (nSPS) is 23.9. The Morgan fingerprint density at radius 2 is 1.71 bits per heavy atom. The molecule has 0 aromatic carbocycles. The first-order valence-corrected chi connectivity index (χ1v) is 6.57. The minimum absolute atomic E-state index is 0.304. The number of carbonyl (C=O) groups is 1. The van der Waals surface area contributed by atoms with Crippen LogP contribution >= 0.6 is 0 Å². The first-order chi connectivity index (χ1) is 8.25. The molecule has 1 radical (unpaired) electrons. The van der Waals surface area contributed by atoms with Gasteiger partial charge in [0, 0.05) is 65.3 Å². The Kier molecular flexibility index (Phi) is 4.76. The fourth-order valence-corrected chi connectivity index (χ4v) is 2.34. The number of amides is 1. The van der Waals surface area contributed by atoms with Crippen molar-refractivity contribution < 1.29 is 4.79 Å². The topological polar surface area (TPSA) is 40.9 Å². The van der Waals surface area contributed by atoms with Gasteiger partial charge in [0.15, 0.2) is 0 Å². The summed E-state index contributed by atoms with van der Waals surface area (Å²) in [4.78, 5) is 18.6. The van der Waals surface area contributed by atoms with Gasteiger partial charge in [-0.15, -0.1) is 0 Å². The summed E-state index contributed by atoms with van der Waals surface area (Å²) in [6.07, 6.45) is 0.670. The molecule has 97 valence electrons. The van der Waals surface area contributed by atoms with Gasteiger partial charge in [0.2, 0.25) is 5.91 Å². The van der Waals surface area contributed by atoms with Crippen LogP contribution in [0.4, 0.5) is 0 Å². The van der Waals surface area contributed by atoms with Crippen LogP contribution < -0.4 is 5.32 Å². The Morgan fingerprint density at radius 1 is 1.06 bits per heavy atom. The number of hydrogen-bond acceptors (Lipinski definition) is 3. The van der Waals surface area contributed by atoms with Gasteiger partial charge < -0.3 is 14.7 Å². The molecule has 2 heterocycles. The van der Waals surface area contributed by atoms with E-state index in [1.165, 1.54) is 0 Å². The van der Waals surface area contributed by atoms with Crippen molar-refractivity contribution in [1.82, 2.24) is 20.0 Å². The molecular weight excluding hydrogens is 216 g/mol. The van der Waals surface area contributed by atoms with Crippen molar-refractivity contribution in [2.24, 2.45) is 0 Å². The molecule has 0 aromatic rings. The van der Waals surface area contributed by atoms with E-state index in [1.54, 1.807) is 0 Å². The molecule has 0 atom stereocenters. The van der Waals surface area contributed by atoms with Crippen LogP contribution in [-0.2, 0) is 4.79 Å². The average Bonchev–Trinajstić information content (AvgIpc) is 2.39. The largest absolute Gasteiger partial charge is 0.340 e. The van der Waals surface area contributed by atoms with Gasteiger partial charge in [-0.2, -0.15) is 0 Å². The number of hydrogen-bond donors (Lipinski definition) is 0. The van der Waals surface area contributed by atoms with Crippen LogP contribution in [-0.4, -0.2) is 86.6 Å². The predicted octanol–water partition coefficient (Wildman–Crippen LogP) is -0.929. The van der Waals surface area contributed by atoms with Crippen molar-refractivity contribution in [3.05, 3.63) is 0 Å². The van der Waals surface area contributed by atoms with Crippen molar-refractivity contribution in [3.8, 4) is 0 Å². The number of carbonyl (C=O) groups excluding carboxylic acids is 1. The van der Waals surface area contributed by atoms with Gasteiger partial charge in [0.05, 0.1) is 0 Å². The minimum Gasteiger partial charge on any atom is -0.340 e. The Balaban J connectivity index is 1.65. The zero-order valence-corrected chi connectivity index (χ0v) is 10.8. The lowest BCUT2D eigenvalue weighted by atomic mass is 10.2. The maximum Gasteiger partial charge on any atom is 0.223 e. The summed E-state index contributed by atoms with van der Waals surface area (Å²) in [7, 11) is 2.15. The van der Waals surface area contributed by atoms with E-state index >= 15 is 0 Å². The van der Waals surface area contributed by atoms with E-state index in [0.717, 1.165) is 58.9 Å². The molecule has 0 spiro atoms. The van der Waals surface area contributed by atoms with Crippen molar-refractivity contribution >= 4 is 5.91 Å². The summed E-state index contributed by atoms with van der Waals surface area (Å²) in [6, 6.07) is 0. The molecule has 0 bridgehead atoms. The maximum absolute atomic E-state index is 12.0. The van der Waals surface area contributed by atoms with E-state index < -0.39 is 0 Å². The van der Waals surface area contributed by atoms with E-state index in [-0.39, 0.29) is 0 Å². The second kappa shape index (κ2) is 6.33. The summed E-state index contributed by atoms with van der Waals surface area (Å²) >= 11 is 0. The van der Waals surface area contributed by atoms with E-state index in [2.05, 4.69) is 22.2 Å². The molecule has 17 heavy (non-hydrogen) atoms. The Labute approximate surface area is 104 Å². The molecule has 2 fully saturated rings. The van der Waals surface area contributed by atoms with E-state index in [9.17, 15) is 4.79 Å². The van der Waals surface area contributed by atoms with Crippen molar-refractivity contribution in [3.63, 3.8) is 0 Å². The maximum atomic E-state index is 12.0. The van der Waals surface area contributed by atoms with Gasteiger partial charge in [-0.1, -0.05) is 0 Å². The van der Waals surface area contributed by atoms with Gasteiger partial charge in [0.1, 0.15) is 0 Å². The lowest BCUT2D eigenvalue weighted by Gasteiger charge is -2.33. The highest BCUT2D eigenvalue weighted by atomic mass is 16.2. The molecule has 0 unspecified atom stereocenters. The molecule has 2 aliphatic heterocycles. The molecule has 1 amide bonds. The highest BCUT2D eigenvalue weighted by Gasteiger charge is 2.19. The van der Waals surface area contributed by atoms with Gasteiger partial charge >= 0.3 is 0 Å². The van der Waals surface area contributed by atoms with E-state index in [0.29, 0.717) is 12.3 Å². The lowest BCUT2D eigenvalue weighted by molar-refractivity contribution is -0.132. The lowest BCUT2D eigenvalue weighted by Crippen LogP contribution is -2.47. The van der Waals surface area contributed by atoms with Crippen LogP contribution in [0.1, 0.15) is 6.42 Å². The molecule has 0 N–H and O–H groups in total. The smallest absolute Gasteiger partial charge is 0.223 e. The molecule has 0 aliphatic carbocycles. The third kappa shape index (κ3) is 3.94. The zero-order chi connectivity index (χ0) is 12.1. The fraction of sp³-hybridized carbons (Fsp3) is 0.917. The van der Waals surface area contributed by atoms with Crippen LogP contribution in [0.2, 0.25) is 0 Å².